The molecule has 0 amide bonds. The molecule has 1 nitrogen and oxygen atoms in total. The smallest absolute Gasteiger partial charge is 0.129 e. The summed E-state index contributed by atoms with van der Waals surface area (Å²) in [6, 6.07) is 4.62. The molecule has 0 aliphatic heterocycles. The monoisotopic (exact) mass is 260 g/mol. The van der Waals surface area contributed by atoms with Gasteiger partial charge >= 0.3 is 0 Å². The van der Waals surface area contributed by atoms with Gasteiger partial charge in [-0.1, -0.05) is 36.2 Å². The predicted molar refractivity (Wildman–Crippen MR) is 58.5 cm³/mol. The second-order valence-corrected chi connectivity index (χ2v) is 4.41. The van der Waals surface area contributed by atoms with Crippen LogP contribution in [0.2, 0.25) is 0 Å². The zero-order chi connectivity index (χ0) is 10.7. The van der Waals surface area contributed by atoms with Crippen LogP contribution in [0.15, 0.2) is 22.7 Å². The molecule has 14 heavy (non-hydrogen) atoms. The van der Waals surface area contributed by atoms with Crippen molar-refractivity contribution in [3.63, 3.8) is 0 Å². The Hall–Kier alpha value is -0.410. The van der Waals surface area contributed by atoms with Crippen molar-refractivity contribution < 1.29 is 9.50 Å². The van der Waals surface area contributed by atoms with E-state index in [0.29, 0.717) is 5.56 Å². The van der Waals surface area contributed by atoms with E-state index >= 15 is 0 Å². The first-order valence-electron chi connectivity index (χ1n) is 4.69. The predicted octanol–water partition coefficient (Wildman–Crippen LogP) is 3.67. The Balaban J connectivity index is 2.99. The van der Waals surface area contributed by atoms with Crippen molar-refractivity contribution in [2.24, 2.45) is 5.92 Å². The van der Waals surface area contributed by atoms with Crippen molar-refractivity contribution in [3.05, 3.63) is 34.1 Å². The number of hydrogen-bond donors (Lipinski definition) is 1. The third kappa shape index (κ3) is 2.55. The minimum Gasteiger partial charge on any atom is -0.388 e. The maximum atomic E-state index is 13.3. The van der Waals surface area contributed by atoms with E-state index < -0.39 is 6.10 Å². The van der Waals surface area contributed by atoms with Crippen LogP contribution in [0.5, 0.6) is 0 Å². The van der Waals surface area contributed by atoms with E-state index in [2.05, 4.69) is 15.9 Å². The van der Waals surface area contributed by atoms with Crippen LogP contribution >= 0.6 is 15.9 Å². The fraction of sp³-hybridized carbons (Fsp3) is 0.455. The Kier molecular flexibility index (Phi) is 4.08. The van der Waals surface area contributed by atoms with Gasteiger partial charge < -0.3 is 5.11 Å². The molecule has 2 atom stereocenters. The molecule has 2 unspecified atom stereocenters. The summed E-state index contributed by atoms with van der Waals surface area (Å²) < 4.78 is 14.1. The summed E-state index contributed by atoms with van der Waals surface area (Å²) in [6.45, 7) is 3.88. The zero-order valence-corrected chi connectivity index (χ0v) is 9.88. The van der Waals surface area contributed by atoms with E-state index in [1.807, 2.05) is 13.8 Å². The number of benzene rings is 1. The maximum Gasteiger partial charge on any atom is 0.129 e. The molecule has 0 aromatic heterocycles. The number of aliphatic hydroxyl groups is 1. The summed E-state index contributed by atoms with van der Waals surface area (Å²) in [5, 5.41) is 9.83. The zero-order valence-electron chi connectivity index (χ0n) is 8.30. The molecule has 0 bridgehead atoms. The second-order valence-electron chi connectivity index (χ2n) is 3.50. The summed E-state index contributed by atoms with van der Waals surface area (Å²) in [6.07, 6.45) is 0.102. The topological polar surface area (TPSA) is 20.2 Å². The number of halogens is 2. The Morgan fingerprint density at radius 2 is 2.14 bits per heavy atom. The van der Waals surface area contributed by atoms with E-state index in [0.717, 1.165) is 10.9 Å². The van der Waals surface area contributed by atoms with Gasteiger partial charge in [-0.15, -0.1) is 0 Å². The molecule has 0 aliphatic carbocycles. The van der Waals surface area contributed by atoms with E-state index in [9.17, 15) is 9.50 Å². The van der Waals surface area contributed by atoms with Gasteiger partial charge in [-0.3, -0.25) is 0 Å². The second kappa shape index (κ2) is 4.89. The van der Waals surface area contributed by atoms with Crippen LogP contribution in [0, 0.1) is 11.7 Å². The van der Waals surface area contributed by atoms with E-state index in [1.54, 1.807) is 12.1 Å². The van der Waals surface area contributed by atoms with Crippen LogP contribution in [0.1, 0.15) is 31.9 Å². The van der Waals surface area contributed by atoms with Gasteiger partial charge in [-0.05, 0) is 24.1 Å². The third-order valence-electron chi connectivity index (χ3n) is 2.46. The van der Waals surface area contributed by atoms with Gasteiger partial charge in [0.25, 0.3) is 0 Å². The maximum absolute atomic E-state index is 13.3. The third-order valence-corrected chi connectivity index (χ3v) is 2.95. The highest BCUT2D eigenvalue weighted by molar-refractivity contribution is 9.10. The molecule has 0 fully saturated rings. The van der Waals surface area contributed by atoms with Gasteiger partial charge in [0.15, 0.2) is 0 Å². The number of aliphatic hydroxyl groups excluding tert-OH is 1. The number of hydrogen-bond acceptors (Lipinski definition) is 1. The van der Waals surface area contributed by atoms with Crippen LogP contribution in [0.4, 0.5) is 4.39 Å². The van der Waals surface area contributed by atoms with Crippen molar-refractivity contribution in [2.45, 2.75) is 26.4 Å². The Morgan fingerprint density at radius 3 is 2.71 bits per heavy atom. The van der Waals surface area contributed by atoms with Gasteiger partial charge in [-0.2, -0.15) is 0 Å². The highest BCUT2D eigenvalue weighted by Crippen LogP contribution is 2.28. The fourth-order valence-corrected chi connectivity index (χ4v) is 1.65. The molecular formula is C11H14BrFO. The average molecular weight is 261 g/mol. The molecule has 1 aromatic rings. The Labute approximate surface area is 92.1 Å². The largest absolute Gasteiger partial charge is 0.388 e. The van der Waals surface area contributed by atoms with Crippen molar-refractivity contribution in [2.75, 3.05) is 0 Å². The molecule has 78 valence electrons. The lowest BCUT2D eigenvalue weighted by Crippen LogP contribution is -2.09. The van der Waals surface area contributed by atoms with Crippen molar-refractivity contribution >= 4 is 15.9 Å². The van der Waals surface area contributed by atoms with Crippen LogP contribution in [-0.2, 0) is 0 Å². The molecule has 1 rings (SSSR count). The molecule has 0 saturated carbocycles. The first kappa shape index (κ1) is 11.7. The van der Waals surface area contributed by atoms with Gasteiger partial charge in [-0.25, -0.2) is 4.39 Å². The standard InChI is InChI=1S/C11H14BrFO/c1-3-7(2)11(14)9-6-8(12)4-5-10(9)13/h4-7,11,14H,3H2,1-2H3. The fourth-order valence-electron chi connectivity index (χ4n) is 1.27. The molecule has 0 aliphatic rings. The molecule has 1 N–H and O–H groups in total. The Morgan fingerprint density at radius 1 is 1.50 bits per heavy atom. The molecule has 0 spiro atoms. The number of rotatable bonds is 3. The van der Waals surface area contributed by atoms with Gasteiger partial charge in [0.1, 0.15) is 5.82 Å². The van der Waals surface area contributed by atoms with E-state index in [-0.39, 0.29) is 11.7 Å². The van der Waals surface area contributed by atoms with Crippen LogP contribution in [0.3, 0.4) is 0 Å². The molecule has 0 heterocycles. The lowest BCUT2D eigenvalue weighted by Gasteiger charge is -2.18. The van der Waals surface area contributed by atoms with Gasteiger partial charge in [0.2, 0.25) is 0 Å². The average Bonchev–Trinajstić information content (AvgIpc) is 2.19. The van der Waals surface area contributed by atoms with Crippen LogP contribution in [0.25, 0.3) is 0 Å². The minimum atomic E-state index is -0.725. The summed E-state index contributed by atoms with van der Waals surface area (Å²) >= 11 is 3.26. The molecule has 0 radical (unpaired) electrons. The highest BCUT2D eigenvalue weighted by atomic mass is 79.9. The summed E-state index contributed by atoms with van der Waals surface area (Å²) in [5.41, 5.74) is 0.369. The minimum absolute atomic E-state index is 0.0683. The summed E-state index contributed by atoms with van der Waals surface area (Å²) in [7, 11) is 0. The van der Waals surface area contributed by atoms with Crippen molar-refractivity contribution in [1.82, 2.24) is 0 Å². The molecular weight excluding hydrogens is 247 g/mol. The highest BCUT2D eigenvalue weighted by Gasteiger charge is 2.18. The van der Waals surface area contributed by atoms with Crippen molar-refractivity contribution in [1.29, 1.82) is 0 Å². The molecule has 3 heteroatoms. The molecule has 1 aromatic carbocycles. The summed E-state index contributed by atoms with van der Waals surface area (Å²) in [4.78, 5) is 0. The van der Waals surface area contributed by atoms with Gasteiger partial charge in [0.05, 0.1) is 6.10 Å². The summed E-state index contributed by atoms with van der Waals surface area (Å²) in [5.74, 6) is -0.278. The van der Waals surface area contributed by atoms with Crippen LogP contribution in [-0.4, -0.2) is 5.11 Å². The van der Waals surface area contributed by atoms with Crippen molar-refractivity contribution in [3.8, 4) is 0 Å². The lowest BCUT2D eigenvalue weighted by molar-refractivity contribution is 0.111. The first-order chi connectivity index (χ1) is 6.56. The first-order valence-corrected chi connectivity index (χ1v) is 5.48. The quantitative estimate of drug-likeness (QED) is 0.880. The molecule has 0 saturated heterocycles. The SMILES string of the molecule is CCC(C)C(O)c1cc(Br)ccc1F. The normalized spacial score (nSPS) is 15.2. The van der Waals surface area contributed by atoms with E-state index in [1.165, 1.54) is 6.07 Å². The van der Waals surface area contributed by atoms with E-state index in [4.69, 9.17) is 0 Å². The lowest BCUT2D eigenvalue weighted by atomic mass is 9.95. The van der Waals surface area contributed by atoms with Gasteiger partial charge in [0, 0.05) is 10.0 Å². The van der Waals surface area contributed by atoms with Crippen LogP contribution < -0.4 is 0 Å². The Bertz CT molecular complexity index is 314.